The molecule has 1 aliphatic rings. The SMILES string of the molecule is CC[C@@H](C(=O)NC1CCCC1)N(Cc1ccccc1Cl)C(=O)CCCN(c1cccc(Cl)c1C)S(C)(=O)=O. The lowest BCUT2D eigenvalue weighted by Crippen LogP contribution is -2.51. The minimum Gasteiger partial charge on any atom is -0.352 e. The standard InChI is InChI=1S/C28H37Cl2N3O4S/c1-4-25(28(35)31-22-12-6-7-13-22)32(19-21-11-5-8-14-24(21)30)27(34)17-10-18-33(38(3,36)37)26-16-9-15-23(29)20(26)2/h5,8-9,11,14-16,22,25H,4,6-7,10,12-13,17-19H2,1-3H3,(H,31,35)/t25-/m0/s1. The molecular weight excluding hydrogens is 545 g/mol. The summed E-state index contributed by atoms with van der Waals surface area (Å²) in [4.78, 5) is 28.5. The molecule has 1 atom stereocenters. The van der Waals surface area contributed by atoms with Crippen molar-refractivity contribution in [3.05, 3.63) is 63.6 Å². The van der Waals surface area contributed by atoms with E-state index in [1.807, 2.05) is 25.1 Å². The minimum atomic E-state index is -3.61. The lowest BCUT2D eigenvalue weighted by Gasteiger charge is -2.32. The summed E-state index contributed by atoms with van der Waals surface area (Å²) < 4.78 is 26.5. The van der Waals surface area contributed by atoms with Gasteiger partial charge in [-0.25, -0.2) is 8.42 Å². The van der Waals surface area contributed by atoms with E-state index in [2.05, 4.69) is 5.32 Å². The van der Waals surface area contributed by atoms with Crippen LogP contribution in [0.3, 0.4) is 0 Å². The lowest BCUT2D eigenvalue weighted by molar-refractivity contribution is -0.141. The molecule has 0 saturated heterocycles. The van der Waals surface area contributed by atoms with E-state index in [0.717, 1.165) is 37.5 Å². The van der Waals surface area contributed by atoms with Crippen LogP contribution in [0.2, 0.25) is 10.0 Å². The van der Waals surface area contributed by atoms with Crippen LogP contribution >= 0.6 is 23.2 Å². The molecule has 0 unspecified atom stereocenters. The maximum atomic E-state index is 13.6. The van der Waals surface area contributed by atoms with E-state index >= 15 is 0 Å². The second kappa shape index (κ2) is 13.7. The number of carbonyl (C=O) groups is 2. The Morgan fingerprint density at radius 3 is 2.34 bits per heavy atom. The Kier molecular flexibility index (Phi) is 10.9. The van der Waals surface area contributed by atoms with Gasteiger partial charge in [0.05, 0.1) is 11.9 Å². The summed E-state index contributed by atoms with van der Waals surface area (Å²) >= 11 is 12.6. The van der Waals surface area contributed by atoms with Crippen molar-refractivity contribution < 1.29 is 18.0 Å². The van der Waals surface area contributed by atoms with Crippen molar-refractivity contribution in [1.82, 2.24) is 10.2 Å². The van der Waals surface area contributed by atoms with Crippen LogP contribution in [-0.2, 0) is 26.2 Å². The molecule has 0 aromatic heterocycles. The molecule has 2 aromatic carbocycles. The smallest absolute Gasteiger partial charge is 0.243 e. The summed E-state index contributed by atoms with van der Waals surface area (Å²) in [5.41, 5.74) is 1.89. The molecule has 0 spiro atoms. The van der Waals surface area contributed by atoms with Crippen molar-refractivity contribution in [2.24, 2.45) is 0 Å². The highest BCUT2D eigenvalue weighted by atomic mass is 35.5. The van der Waals surface area contributed by atoms with Gasteiger partial charge in [-0.2, -0.15) is 0 Å². The molecule has 38 heavy (non-hydrogen) atoms. The van der Waals surface area contributed by atoms with E-state index in [1.54, 1.807) is 36.1 Å². The lowest BCUT2D eigenvalue weighted by atomic mass is 10.1. The summed E-state index contributed by atoms with van der Waals surface area (Å²) in [6.45, 7) is 3.95. The topological polar surface area (TPSA) is 86.8 Å². The molecule has 1 aliphatic carbocycles. The molecule has 10 heteroatoms. The number of benzene rings is 2. The Balaban J connectivity index is 1.79. The molecule has 0 radical (unpaired) electrons. The second-order valence-corrected chi connectivity index (χ2v) is 12.6. The summed E-state index contributed by atoms with van der Waals surface area (Å²) in [5.74, 6) is -0.387. The Hall–Kier alpha value is -2.29. The van der Waals surface area contributed by atoms with Gasteiger partial charge < -0.3 is 10.2 Å². The monoisotopic (exact) mass is 581 g/mol. The van der Waals surface area contributed by atoms with Crippen molar-refractivity contribution in [3.8, 4) is 0 Å². The van der Waals surface area contributed by atoms with Gasteiger partial charge in [0.1, 0.15) is 6.04 Å². The number of hydrogen-bond acceptors (Lipinski definition) is 4. The van der Waals surface area contributed by atoms with Crippen LogP contribution in [-0.4, -0.2) is 50.0 Å². The van der Waals surface area contributed by atoms with Crippen molar-refractivity contribution >= 4 is 50.7 Å². The number of rotatable bonds is 12. The van der Waals surface area contributed by atoms with E-state index in [-0.39, 0.29) is 43.8 Å². The molecule has 2 amide bonds. The van der Waals surface area contributed by atoms with Gasteiger partial charge in [0.2, 0.25) is 21.8 Å². The molecule has 7 nitrogen and oxygen atoms in total. The zero-order valence-corrected chi connectivity index (χ0v) is 24.6. The third-order valence-corrected chi connectivity index (χ3v) is 9.00. The van der Waals surface area contributed by atoms with E-state index in [4.69, 9.17) is 23.2 Å². The minimum absolute atomic E-state index is 0.0727. The molecular formula is C28H37Cl2N3O4S. The van der Waals surface area contributed by atoms with Crippen LogP contribution in [0.5, 0.6) is 0 Å². The van der Waals surface area contributed by atoms with Gasteiger partial charge in [0, 0.05) is 35.6 Å². The molecule has 1 fully saturated rings. The number of amides is 2. The predicted octanol–water partition coefficient (Wildman–Crippen LogP) is 5.71. The molecule has 0 aliphatic heterocycles. The predicted molar refractivity (Wildman–Crippen MR) is 154 cm³/mol. The largest absolute Gasteiger partial charge is 0.352 e. The van der Waals surface area contributed by atoms with Crippen molar-refractivity contribution in [2.75, 3.05) is 17.1 Å². The molecule has 1 N–H and O–H groups in total. The van der Waals surface area contributed by atoms with Gasteiger partial charge in [-0.3, -0.25) is 13.9 Å². The number of sulfonamides is 1. The third kappa shape index (κ3) is 7.87. The number of halogens is 2. The zero-order chi connectivity index (χ0) is 27.9. The zero-order valence-electron chi connectivity index (χ0n) is 22.3. The summed E-state index contributed by atoms with van der Waals surface area (Å²) in [7, 11) is -3.61. The van der Waals surface area contributed by atoms with Gasteiger partial charge in [-0.1, -0.05) is 67.2 Å². The third-order valence-electron chi connectivity index (χ3n) is 7.05. The van der Waals surface area contributed by atoms with E-state index in [0.29, 0.717) is 27.7 Å². The molecule has 3 rings (SSSR count). The van der Waals surface area contributed by atoms with Crippen molar-refractivity contribution in [2.45, 2.75) is 77.4 Å². The number of carbonyl (C=O) groups excluding carboxylic acids is 2. The first-order chi connectivity index (χ1) is 18.0. The van der Waals surface area contributed by atoms with E-state index < -0.39 is 16.1 Å². The van der Waals surface area contributed by atoms with E-state index in [9.17, 15) is 18.0 Å². The van der Waals surface area contributed by atoms with Gasteiger partial charge >= 0.3 is 0 Å². The van der Waals surface area contributed by atoms with Gasteiger partial charge in [0.15, 0.2) is 0 Å². The molecule has 208 valence electrons. The van der Waals surface area contributed by atoms with Gasteiger partial charge in [-0.05, 0) is 61.9 Å². The summed E-state index contributed by atoms with van der Waals surface area (Å²) in [6.07, 6.45) is 6.02. The number of hydrogen-bond donors (Lipinski definition) is 1. The van der Waals surface area contributed by atoms with Gasteiger partial charge in [0.25, 0.3) is 0 Å². The molecule has 2 aromatic rings. The quantitative estimate of drug-likeness (QED) is 0.347. The van der Waals surface area contributed by atoms with Crippen LogP contribution in [0, 0.1) is 6.92 Å². The molecule has 0 bridgehead atoms. The van der Waals surface area contributed by atoms with Crippen LogP contribution in [0.4, 0.5) is 5.69 Å². The van der Waals surface area contributed by atoms with Crippen molar-refractivity contribution in [1.29, 1.82) is 0 Å². The van der Waals surface area contributed by atoms with Crippen LogP contribution < -0.4 is 9.62 Å². The van der Waals surface area contributed by atoms with Crippen LogP contribution in [0.15, 0.2) is 42.5 Å². The second-order valence-electron chi connectivity index (χ2n) is 9.85. The number of nitrogens with one attached hydrogen (secondary N) is 1. The van der Waals surface area contributed by atoms with E-state index in [1.165, 1.54) is 4.31 Å². The number of anilines is 1. The summed E-state index contributed by atoms with van der Waals surface area (Å²) in [5, 5.41) is 4.12. The molecule has 0 heterocycles. The normalized spacial score (nSPS) is 14.8. The van der Waals surface area contributed by atoms with Gasteiger partial charge in [-0.15, -0.1) is 0 Å². The van der Waals surface area contributed by atoms with Crippen LogP contribution in [0.1, 0.15) is 63.0 Å². The van der Waals surface area contributed by atoms with Crippen molar-refractivity contribution in [3.63, 3.8) is 0 Å². The Morgan fingerprint density at radius 2 is 1.71 bits per heavy atom. The Bertz CT molecular complexity index is 1230. The fraction of sp³-hybridized carbons (Fsp3) is 0.500. The maximum Gasteiger partial charge on any atom is 0.243 e. The molecule has 1 saturated carbocycles. The first kappa shape index (κ1) is 30.3. The first-order valence-electron chi connectivity index (χ1n) is 13.1. The van der Waals surface area contributed by atoms with Crippen LogP contribution in [0.25, 0.3) is 0 Å². The number of nitrogens with zero attached hydrogens (tertiary/aromatic N) is 2. The highest BCUT2D eigenvalue weighted by molar-refractivity contribution is 7.92. The average Bonchev–Trinajstić information content (AvgIpc) is 3.37. The fourth-order valence-corrected chi connectivity index (χ4v) is 6.33. The fourth-order valence-electron chi connectivity index (χ4n) is 4.95. The Morgan fingerprint density at radius 1 is 1.05 bits per heavy atom. The first-order valence-corrected chi connectivity index (χ1v) is 15.7. The maximum absolute atomic E-state index is 13.6. The Labute approximate surface area is 236 Å². The summed E-state index contributed by atoms with van der Waals surface area (Å²) in [6, 6.07) is 11.9. The highest BCUT2D eigenvalue weighted by Gasteiger charge is 2.31. The average molecular weight is 583 g/mol. The highest BCUT2D eigenvalue weighted by Crippen LogP contribution is 2.29.